The molecule has 15 nitrogen and oxygen atoms in total. The fourth-order valence-corrected chi connectivity index (χ4v) is 7.65. The fraction of sp³-hybridized carbons (Fsp3) is 0.463. The van der Waals surface area contributed by atoms with Gasteiger partial charge >= 0.3 is 12.2 Å². The molecule has 15 heteroatoms. The number of unbranched alkanes of at least 4 members (excludes halogenated alkanes) is 1. The molecule has 2 aliphatic rings. The predicted molar refractivity (Wildman–Crippen MR) is 211 cm³/mol. The summed E-state index contributed by atoms with van der Waals surface area (Å²) in [6, 6.07) is 14.7. The molecule has 0 spiro atoms. The van der Waals surface area contributed by atoms with Gasteiger partial charge in [0.2, 0.25) is 11.8 Å². The number of alkyl carbamates (subject to hydrolysis) is 2. The summed E-state index contributed by atoms with van der Waals surface area (Å²) in [7, 11) is 2.58. The van der Waals surface area contributed by atoms with Crippen molar-refractivity contribution in [2.24, 2.45) is 11.7 Å². The van der Waals surface area contributed by atoms with Crippen molar-refractivity contribution < 1.29 is 28.7 Å². The molecule has 56 heavy (non-hydrogen) atoms. The summed E-state index contributed by atoms with van der Waals surface area (Å²) >= 11 is 0. The molecule has 2 aliphatic heterocycles. The van der Waals surface area contributed by atoms with Crippen LogP contribution >= 0.6 is 0 Å². The molecule has 4 heterocycles. The molecule has 2 aromatic heterocycles. The molecule has 0 aliphatic carbocycles. The molecule has 4 amide bonds. The lowest BCUT2D eigenvalue weighted by molar-refractivity contribution is -0.135. The molecular weight excluding hydrogens is 715 g/mol. The predicted octanol–water partition coefficient (Wildman–Crippen LogP) is 5.70. The SMILES string of the molecule is COC(=O)N[C@@H](CCCCN)C(=O)N1CCC[C@H]1c1ncc(-c2ccc(-c3ccc(-c4cnc([C@@H]5CCCN5C(=O)[C@@H](NC(=O)OC)C(C)C)[nH]4)cc3)cc2)[nH]1. The van der Waals surface area contributed by atoms with E-state index in [2.05, 4.69) is 54.8 Å². The number of methoxy groups -OCH3 is 2. The molecular formula is C41H53N9O6. The standard InChI is InChI=1S/C41H53N9O6/c1-25(2)35(48-41(54)56-4)39(52)50-22-8-11-34(50)37-44-24-32(46-37)29-18-14-27(15-19-29)26-12-16-28(17-13-26)31-23-43-36(45-31)33-10-7-21-49(33)38(51)30(9-5-6-20-42)47-40(53)55-3/h12-19,23-25,30,33-35H,5-11,20-22,42H2,1-4H3,(H,43,45)(H,44,46)(H,47,53)(H,48,54)/t30-,33-,34-,35-/m0/s1. The van der Waals surface area contributed by atoms with Crippen molar-refractivity contribution in [2.45, 2.75) is 83.0 Å². The number of likely N-dealkylation sites (tertiary alicyclic amines) is 2. The number of hydrogen-bond acceptors (Lipinski definition) is 9. The third kappa shape index (κ3) is 9.05. The first-order valence-electron chi connectivity index (χ1n) is 19.4. The minimum absolute atomic E-state index is 0.106. The van der Waals surface area contributed by atoms with Crippen molar-refractivity contribution >= 4 is 24.0 Å². The Hall–Kier alpha value is -5.70. The Labute approximate surface area is 327 Å². The van der Waals surface area contributed by atoms with Crippen molar-refractivity contribution in [3.8, 4) is 33.6 Å². The molecule has 2 saturated heterocycles. The number of carbonyl (C=O) groups is 4. The van der Waals surface area contributed by atoms with E-state index in [1.165, 1.54) is 14.2 Å². The van der Waals surface area contributed by atoms with Crippen LogP contribution in [0.15, 0.2) is 60.9 Å². The van der Waals surface area contributed by atoms with E-state index in [0.717, 1.165) is 78.0 Å². The van der Waals surface area contributed by atoms with Gasteiger partial charge < -0.3 is 45.6 Å². The van der Waals surface area contributed by atoms with Crippen LogP contribution < -0.4 is 16.4 Å². The van der Waals surface area contributed by atoms with E-state index in [9.17, 15) is 19.2 Å². The van der Waals surface area contributed by atoms with Gasteiger partial charge in [0.15, 0.2) is 0 Å². The molecule has 6 rings (SSSR count). The number of imidazole rings is 2. The Morgan fingerprint density at radius 1 is 0.732 bits per heavy atom. The summed E-state index contributed by atoms with van der Waals surface area (Å²) in [6.45, 7) is 5.50. The summed E-state index contributed by atoms with van der Waals surface area (Å²) in [5.74, 6) is 1.04. The maximum atomic E-state index is 13.6. The van der Waals surface area contributed by atoms with Gasteiger partial charge in [-0.25, -0.2) is 19.6 Å². The Morgan fingerprint density at radius 3 is 1.66 bits per heavy atom. The smallest absolute Gasteiger partial charge is 0.407 e. The van der Waals surface area contributed by atoms with Crippen LogP contribution in [0.1, 0.15) is 82.5 Å². The zero-order valence-corrected chi connectivity index (χ0v) is 32.5. The van der Waals surface area contributed by atoms with Gasteiger partial charge in [0.25, 0.3) is 0 Å². The lowest BCUT2D eigenvalue weighted by atomic mass is 10.0. The number of ether oxygens (including phenoxy) is 2. The van der Waals surface area contributed by atoms with Crippen molar-refractivity contribution in [1.82, 2.24) is 40.4 Å². The molecule has 2 aromatic carbocycles. The van der Waals surface area contributed by atoms with Crippen LogP contribution in [0.25, 0.3) is 33.6 Å². The van der Waals surface area contributed by atoms with Crippen molar-refractivity contribution in [1.29, 1.82) is 0 Å². The van der Waals surface area contributed by atoms with E-state index in [1.807, 2.05) is 43.0 Å². The average Bonchev–Trinajstić information content (AvgIpc) is 4.06. The van der Waals surface area contributed by atoms with E-state index in [-0.39, 0.29) is 29.8 Å². The largest absolute Gasteiger partial charge is 0.453 e. The summed E-state index contributed by atoms with van der Waals surface area (Å²) < 4.78 is 9.53. The van der Waals surface area contributed by atoms with Crippen LogP contribution in [0.2, 0.25) is 0 Å². The van der Waals surface area contributed by atoms with Crippen LogP contribution in [0, 0.1) is 5.92 Å². The summed E-state index contributed by atoms with van der Waals surface area (Å²) in [6.07, 6.45) is 7.54. The normalized spacial score (nSPS) is 17.8. The van der Waals surface area contributed by atoms with Crippen molar-refractivity contribution in [3.05, 3.63) is 72.6 Å². The second kappa shape index (κ2) is 18.3. The first-order valence-corrected chi connectivity index (χ1v) is 19.4. The average molecular weight is 768 g/mol. The van der Waals surface area contributed by atoms with E-state index in [1.54, 1.807) is 17.3 Å². The summed E-state index contributed by atoms with van der Waals surface area (Å²) in [4.78, 5) is 71.0. The molecule has 0 bridgehead atoms. The number of nitrogens with two attached hydrogens (primary N) is 1. The molecule has 6 N–H and O–H groups in total. The van der Waals surface area contributed by atoms with Gasteiger partial charge in [0.1, 0.15) is 23.7 Å². The summed E-state index contributed by atoms with van der Waals surface area (Å²) in [5.41, 5.74) is 11.4. The molecule has 0 unspecified atom stereocenters. The van der Waals surface area contributed by atoms with Gasteiger partial charge in [-0.15, -0.1) is 0 Å². The number of benzene rings is 2. The van der Waals surface area contributed by atoms with Crippen molar-refractivity contribution in [3.63, 3.8) is 0 Å². The van der Waals surface area contributed by atoms with Crippen LogP contribution in [-0.2, 0) is 19.1 Å². The topological polar surface area (TPSA) is 201 Å². The molecule has 4 atom stereocenters. The van der Waals surface area contributed by atoms with E-state index < -0.39 is 24.3 Å². The van der Waals surface area contributed by atoms with Crippen LogP contribution in [0.5, 0.6) is 0 Å². The van der Waals surface area contributed by atoms with E-state index in [0.29, 0.717) is 31.9 Å². The number of nitrogens with one attached hydrogen (secondary N) is 4. The highest BCUT2D eigenvalue weighted by Gasteiger charge is 2.38. The third-order valence-corrected chi connectivity index (χ3v) is 10.7. The molecule has 4 aromatic rings. The zero-order valence-electron chi connectivity index (χ0n) is 32.5. The number of carbonyl (C=O) groups excluding carboxylic acids is 4. The Bertz CT molecular complexity index is 1960. The quantitative estimate of drug-likeness (QED) is 0.1000. The van der Waals surface area contributed by atoms with Gasteiger partial charge in [-0.2, -0.15) is 0 Å². The number of aromatic nitrogens is 4. The number of rotatable bonds is 14. The van der Waals surface area contributed by atoms with Gasteiger partial charge in [0.05, 0.1) is 50.1 Å². The van der Waals surface area contributed by atoms with Crippen LogP contribution in [-0.4, -0.2) is 99.7 Å². The Morgan fingerprint density at radius 2 is 1.20 bits per heavy atom. The minimum atomic E-state index is -0.690. The monoisotopic (exact) mass is 767 g/mol. The maximum Gasteiger partial charge on any atom is 0.407 e. The first kappa shape index (κ1) is 40.0. The van der Waals surface area contributed by atoms with Gasteiger partial charge in [-0.05, 0) is 79.7 Å². The fourth-order valence-electron chi connectivity index (χ4n) is 7.65. The first-order chi connectivity index (χ1) is 27.1. The third-order valence-electron chi connectivity index (χ3n) is 10.7. The van der Waals surface area contributed by atoms with Gasteiger partial charge in [0, 0.05) is 13.1 Å². The van der Waals surface area contributed by atoms with Gasteiger partial charge in [-0.1, -0.05) is 62.4 Å². The van der Waals surface area contributed by atoms with Crippen LogP contribution in [0.4, 0.5) is 9.59 Å². The minimum Gasteiger partial charge on any atom is -0.453 e. The number of amides is 4. The van der Waals surface area contributed by atoms with Crippen LogP contribution in [0.3, 0.4) is 0 Å². The highest BCUT2D eigenvalue weighted by atomic mass is 16.5. The second-order valence-electron chi connectivity index (χ2n) is 14.7. The maximum absolute atomic E-state index is 13.6. The molecule has 2 fully saturated rings. The van der Waals surface area contributed by atoms with Gasteiger partial charge in [-0.3, -0.25) is 9.59 Å². The Balaban J connectivity index is 1.10. The number of nitrogens with zero attached hydrogens (tertiary/aromatic N) is 4. The molecule has 0 saturated carbocycles. The molecule has 0 radical (unpaired) electrons. The number of hydrogen-bond donors (Lipinski definition) is 5. The highest BCUT2D eigenvalue weighted by Crippen LogP contribution is 2.35. The lowest BCUT2D eigenvalue weighted by Gasteiger charge is -2.30. The highest BCUT2D eigenvalue weighted by molar-refractivity contribution is 5.87. The Kier molecular flexibility index (Phi) is 13.1. The summed E-state index contributed by atoms with van der Waals surface area (Å²) in [5, 5.41) is 5.40. The van der Waals surface area contributed by atoms with E-state index in [4.69, 9.17) is 15.2 Å². The van der Waals surface area contributed by atoms with Crippen molar-refractivity contribution in [2.75, 3.05) is 33.9 Å². The zero-order chi connectivity index (χ0) is 39.8. The lowest BCUT2D eigenvalue weighted by Crippen LogP contribution is -2.51. The van der Waals surface area contributed by atoms with E-state index >= 15 is 0 Å². The number of aromatic amines is 2. The number of H-pyrrole nitrogens is 2. The second-order valence-corrected chi connectivity index (χ2v) is 14.7. The molecule has 298 valence electrons.